The van der Waals surface area contributed by atoms with Crippen LogP contribution in [0.15, 0.2) is 48.1 Å². The standard InChI is InChI=1S/C18H13F2N3O4S/c1-10(27-17(25)11-4-6-23(26)7-5-11)16(24)22-18-21-15(9-28-18)12-2-3-13(19)14(20)8-12/h2-10H,1H3,(H,21,22,24)/t10-/m1/s1. The van der Waals surface area contributed by atoms with Crippen LogP contribution >= 0.6 is 11.3 Å². The number of carbonyl (C=O) groups excluding carboxylic acids is 2. The van der Waals surface area contributed by atoms with Gasteiger partial charge in [-0.15, -0.1) is 11.3 Å². The van der Waals surface area contributed by atoms with E-state index in [-0.39, 0.29) is 10.7 Å². The average molecular weight is 405 g/mol. The molecule has 0 unspecified atom stereocenters. The summed E-state index contributed by atoms with van der Waals surface area (Å²) in [4.78, 5) is 28.3. The van der Waals surface area contributed by atoms with Crippen molar-refractivity contribution < 1.29 is 27.8 Å². The molecule has 3 aromatic rings. The molecule has 1 aromatic carbocycles. The molecular formula is C18H13F2N3O4S. The van der Waals surface area contributed by atoms with Gasteiger partial charge in [-0.3, -0.25) is 10.1 Å². The molecule has 2 aromatic heterocycles. The van der Waals surface area contributed by atoms with Crippen LogP contribution in [0.25, 0.3) is 11.3 Å². The van der Waals surface area contributed by atoms with Crippen LogP contribution in [0.4, 0.5) is 13.9 Å². The maximum atomic E-state index is 13.3. The number of ether oxygens (including phenoxy) is 1. The molecule has 0 spiro atoms. The van der Waals surface area contributed by atoms with Crippen molar-refractivity contribution in [3.05, 3.63) is 70.5 Å². The first kappa shape index (κ1) is 19.4. The Kier molecular flexibility index (Phi) is 5.59. The van der Waals surface area contributed by atoms with Crippen LogP contribution in [0, 0.1) is 16.8 Å². The molecule has 0 saturated heterocycles. The van der Waals surface area contributed by atoms with Crippen molar-refractivity contribution >= 4 is 28.3 Å². The summed E-state index contributed by atoms with van der Waals surface area (Å²) in [6.07, 6.45) is 1.15. The van der Waals surface area contributed by atoms with E-state index in [1.54, 1.807) is 5.38 Å². The number of esters is 1. The highest BCUT2D eigenvalue weighted by molar-refractivity contribution is 7.14. The van der Waals surface area contributed by atoms with Gasteiger partial charge in [-0.2, -0.15) is 4.73 Å². The van der Waals surface area contributed by atoms with E-state index in [1.165, 1.54) is 25.1 Å². The minimum atomic E-state index is -1.12. The number of rotatable bonds is 5. The fraction of sp³-hybridized carbons (Fsp3) is 0.111. The van der Waals surface area contributed by atoms with E-state index in [0.29, 0.717) is 16.0 Å². The Bertz CT molecular complexity index is 1020. The fourth-order valence-electron chi connectivity index (χ4n) is 2.16. The number of halogens is 2. The number of hydrogen-bond donors (Lipinski definition) is 1. The fourth-order valence-corrected chi connectivity index (χ4v) is 2.88. The number of thiazole rings is 1. The van der Waals surface area contributed by atoms with Crippen molar-refractivity contribution in [3.8, 4) is 11.3 Å². The molecule has 0 aliphatic carbocycles. The summed E-state index contributed by atoms with van der Waals surface area (Å²) >= 11 is 1.08. The minimum Gasteiger partial charge on any atom is -0.619 e. The molecule has 0 aliphatic heterocycles. The first-order chi connectivity index (χ1) is 13.3. The number of nitrogens with one attached hydrogen (secondary N) is 1. The lowest BCUT2D eigenvalue weighted by atomic mass is 10.2. The first-order valence-electron chi connectivity index (χ1n) is 7.95. The van der Waals surface area contributed by atoms with E-state index in [0.717, 1.165) is 35.9 Å². The van der Waals surface area contributed by atoms with Gasteiger partial charge in [-0.1, -0.05) is 0 Å². The molecule has 0 bridgehead atoms. The van der Waals surface area contributed by atoms with Crippen molar-refractivity contribution in [1.29, 1.82) is 0 Å². The monoisotopic (exact) mass is 405 g/mol. The maximum absolute atomic E-state index is 13.3. The van der Waals surface area contributed by atoms with E-state index < -0.39 is 29.6 Å². The highest BCUT2D eigenvalue weighted by atomic mass is 32.1. The number of nitrogens with zero attached hydrogens (tertiary/aromatic N) is 2. The van der Waals surface area contributed by atoms with Crippen LogP contribution < -0.4 is 10.0 Å². The lowest BCUT2D eigenvalue weighted by molar-refractivity contribution is -0.605. The zero-order valence-electron chi connectivity index (χ0n) is 14.4. The third-order valence-corrected chi connectivity index (χ3v) is 4.40. The molecule has 0 saturated carbocycles. The highest BCUT2D eigenvalue weighted by Gasteiger charge is 2.20. The van der Waals surface area contributed by atoms with E-state index in [1.807, 2.05) is 0 Å². The van der Waals surface area contributed by atoms with Crippen LogP contribution in [0.2, 0.25) is 0 Å². The molecule has 144 valence electrons. The molecule has 1 amide bonds. The maximum Gasteiger partial charge on any atom is 0.339 e. The smallest absolute Gasteiger partial charge is 0.339 e. The van der Waals surface area contributed by atoms with Gasteiger partial charge in [0.05, 0.1) is 11.3 Å². The van der Waals surface area contributed by atoms with Crippen LogP contribution in [0.1, 0.15) is 17.3 Å². The van der Waals surface area contributed by atoms with Crippen molar-refractivity contribution in [2.45, 2.75) is 13.0 Å². The normalized spacial score (nSPS) is 11.7. The Morgan fingerprint density at radius 3 is 2.61 bits per heavy atom. The Morgan fingerprint density at radius 2 is 1.93 bits per heavy atom. The van der Waals surface area contributed by atoms with E-state index in [2.05, 4.69) is 10.3 Å². The van der Waals surface area contributed by atoms with Gasteiger partial charge in [0.2, 0.25) is 0 Å². The molecule has 1 N–H and O–H groups in total. The molecule has 2 heterocycles. The Balaban J connectivity index is 1.62. The SMILES string of the molecule is C[C@@H](OC(=O)c1cc[n+]([O-])cc1)C(=O)Nc1nc(-c2ccc(F)c(F)c2)cs1. The molecule has 7 nitrogen and oxygen atoms in total. The molecule has 0 radical (unpaired) electrons. The quantitative estimate of drug-likeness (QED) is 0.400. The van der Waals surface area contributed by atoms with Crippen molar-refractivity contribution in [2.75, 3.05) is 5.32 Å². The second-order valence-corrected chi connectivity index (χ2v) is 6.51. The van der Waals surface area contributed by atoms with Crippen molar-refractivity contribution in [1.82, 2.24) is 4.98 Å². The number of pyridine rings is 1. The average Bonchev–Trinajstić information content (AvgIpc) is 3.12. The van der Waals surface area contributed by atoms with Gasteiger partial charge in [-0.05, 0) is 25.1 Å². The Hall–Kier alpha value is -3.40. The van der Waals surface area contributed by atoms with Crippen molar-refractivity contribution in [3.63, 3.8) is 0 Å². The van der Waals surface area contributed by atoms with E-state index in [9.17, 15) is 23.6 Å². The van der Waals surface area contributed by atoms with Crippen LogP contribution in [0.3, 0.4) is 0 Å². The van der Waals surface area contributed by atoms with Gasteiger partial charge in [0.15, 0.2) is 35.3 Å². The highest BCUT2D eigenvalue weighted by Crippen LogP contribution is 2.26. The first-order valence-corrected chi connectivity index (χ1v) is 8.83. The number of carbonyl (C=O) groups is 2. The zero-order valence-corrected chi connectivity index (χ0v) is 15.2. The number of benzene rings is 1. The third-order valence-electron chi connectivity index (χ3n) is 3.64. The molecule has 28 heavy (non-hydrogen) atoms. The number of amides is 1. The largest absolute Gasteiger partial charge is 0.619 e. The molecule has 1 atom stereocenters. The van der Waals surface area contributed by atoms with E-state index >= 15 is 0 Å². The van der Waals surface area contributed by atoms with Gasteiger partial charge in [0.1, 0.15) is 0 Å². The summed E-state index contributed by atoms with van der Waals surface area (Å²) in [6, 6.07) is 5.91. The molecular weight excluding hydrogens is 392 g/mol. The number of hydrogen-bond acceptors (Lipinski definition) is 6. The van der Waals surface area contributed by atoms with E-state index in [4.69, 9.17) is 4.74 Å². The van der Waals surface area contributed by atoms with Gasteiger partial charge in [-0.25, -0.2) is 18.6 Å². The summed E-state index contributed by atoms with van der Waals surface area (Å²) in [5.41, 5.74) is 0.843. The van der Waals surface area contributed by atoms with Gasteiger partial charge < -0.3 is 9.94 Å². The Labute approximate surface area is 161 Å². The third kappa shape index (κ3) is 4.46. The van der Waals surface area contributed by atoms with Gasteiger partial charge >= 0.3 is 5.97 Å². The van der Waals surface area contributed by atoms with Gasteiger partial charge in [0.25, 0.3) is 5.91 Å². The zero-order chi connectivity index (χ0) is 20.3. The van der Waals surface area contributed by atoms with Crippen LogP contribution in [-0.4, -0.2) is 23.0 Å². The molecule has 10 heteroatoms. The summed E-state index contributed by atoms with van der Waals surface area (Å²) in [5, 5.41) is 15.2. The summed E-state index contributed by atoms with van der Waals surface area (Å²) in [5.74, 6) is -3.34. The number of aromatic nitrogens is 2. The topological polar surface area (TPSA) is 95.2 Å². The summed E-state index contributed by atoms with van der Waals surface area (Å²) in [6.45, 7) is 1.38. The second-order valence-electron chi connectivity index (χ2n) is 5.65. The lowest BCUT2D eigenvalue weighted by Crippen LogP contribution is -2.30. The number of anilines is 1. The van der Waals surface area contributed by atoms with Gasteiger partial charge in [0, 0.05) is 23.1 Å². The predicted octanol–water partition coefficient (Wildman–Crippen LogP) is 2.91. The van der Waals surface area contributed by atoms with Crippen LogP contribution in [-0.2, 0) is 9.53 Å². The lowest BCUT2D eigenvalue weighted by Gasteiger charge is -2.12. The summed E-state index contributed by atoms with van der Waals surface area (Å²) < 4.78 is 31.9. The van der Waals surface area contributed by atoms with Crippen molar-refractivity contribution in [2.24, 2.45) is 0 Å². The second kappa shape index (κ2) is 8.09. The van der Waals surface area contributed by atoms with Crippen LogP contribution in [0.5, 0.6) is 0 Å². The molecule has 3 rings (SSSR count). The summed E-state index contributed by atoms with van der Waals surface area (Å²) in [7, 11) is 0. The Morgan fingerprint density at radius 1 is 1.21 bits per heavy atom. The predicted molar refractivity (Wildman–Crippen MR) is 96.4 cm³/mol. The minimum absolute atomic E-state index is 0.127. The molecule has 0 aliphatic rings. The molecule has 0 fully saturated rings.